The molecule has 2 saturated heterocycles. The highest BCUT2D eigenvalue weighted by atomic mass is 79.9. The molecule has 0 aromatic heterocycles. The van der Waals surface area contributed by atoms with Crippen molar-refractivity contribution < 1.29 is 18.7 Å². The normalized spacial score (nSPS) is 22.9. The molecule has 2 heterocycles. The standard InChI is InChI=1S/C32H29BrFNO3/c33-26-16-17-29(34)27(18-26)32-22-37-30(28(32)19-38-35-32)20-36-21-31(23-10-4-1-5-11-23,24-12-6-2-7-13-24)25-14-8-3-9-15-25/h1-18,28,30,35H,19-22H2/t28-,30-,32+/m1/s1. The van der Waals surface area contributed by atoms with E-state index in [-0.39, 0.29) is 17.8 Å². The average Bonchev–Trinajstić information content (AvgIpc) is 3.55. The number of hydrogen-bond donors (Lipinski definition) is 1. The van der Waals surface area contributed by atoms with Gasteiger partial charge >= 0.3 is 0 Å². The van der Waals surface area contributed by atoms with Gasteiger partial charge in [0.25, 0.3) is 0 Å². The lowest BCUT2D eigenvalue weighted by molar-refractivity contribution is -0.0336. The van der Waals surface area contributed by atoms with E-state index in [0.29, 0.717) is 32.0 Å². The molecule has 1 N–H and O–H groups in total. The van der Waals surface area contributed by atoms with Gasteiger partial charge in [-0.25, -0.2) is 4.39 Å². The quantitative estimate of drug-likeness (QED) is 0.248. The molecule has 0 aliphatic carbocycles. The van der Waals surface area contributed by atoms with Crippen LogP contribution in [0.3, 0.4) is 0 Å². The summed E-state index contributed by atoms with van der Waals surface area (Å²) < 4.78 is 28.6. The summed E-state index contributed by atoms with van der Waals surface area (Å²) in [5.74, 6) is -0.372. The Labute approximate surface area is 230 Å². The molecular weight excluding hydrogens is 545 g/mol. The fraction of sp³-hybridized carbons (Fsp3) is 0.250. The number of benzene rings is 4. The highest BCUT2D eigenvalue weighted by Gasteiger charge is 2.56. The average molecular weight is 574 g/mol. The van der Waals surface area contributed by atoms with Crippen molar-refractivity contribution in [2.75, 3.05) is 26.4 Å². The number of nitrogens with one attached hydrogen (secondary N) is 1. The van der Waals surface area contributed by atoms with Gasteiger partial charge in [-0.2, -0.15) is 5.48 Å². The molecule has 6 heteroatoms. The van der Waals surface area contributed by atoms with Gasteiger partial charge in [0.1, 0.15) is 11.4 Å². The summed E-state index contributed by atoms with van der Waals surface area (Å²) >= 11 is 3.48. The van der Waals surface area contributed by atoms with Gasteiger partial charge < -0.3 is 14.3 Å². The van der Waals surface area contributed by atoms with Crippen LogP contribution in [0, 0.1) is 11.7 Å². The molecule has 0 unspecified atom stereocenters. The maximum atomic E-state index is 14.9. The Morgan fingerprint density at radius 1 is 0.868 bits per heavy atom. The Morgan fingerprint density at radius 3 is 2.03 bits per heavy atom. The Kier molecular flexibility index (Phi) is 7.16. The number of hydroxylamine groups is 1. The highest BCUT2D eigenvalue weighted by Crippen LogP contribution is 2.45. The van der Waals surface area contributed by atoms with E-state index < -0.39 is 11.0 Å². The highest BCUT2D eigenvalue weighted by molar-refractivity contribution is 9.10. The van der Waals surface area contributed by atoms with Gasteiger partial charge in [-0.1, -0.05) is 107 Å². The maximum Gasteiger partial charge on any atom is 0.128 e. The number of rotatable bonds is 8. The van der Waals surface area contributed by atoms with Crippen LogP contribution in [0.1, 0.15) is 22.3 Å². The molecule has 0 saturated carbocycles. The van der Waals surface area contributed by atoms with E-state index in [4.69, 9.17) is 14.3 Å². The molecule has 6 rings (SSSR count). The van der Waals surface area contributed by atoms with E-state index in [9.17, 15) is 4.39 Å². The Balaban J connectivity index is 1.31. The largest absolute Gasteiger partial charge is 0.377 e. The summed E-state index contributed by atoms with van der Waals surface area (Å²) in [4.78, 5) is 5.68. The van der Waals surface area contributed by atoms with Crippen molar-refractivity contribution in [2.24, 2.45) is 5.92 Å². The van der Waals surface area contributed by atoms with E-state index in [2.05, 4.69) is 94.2 Å². The molecule has 4 aromatic carbocycles. The summed E-state index contributed by atoms with van der Waals surface area (Å²) in [5, 5.41) is 0. The first-order valence-corrected chi connectivity index (χ1v) is 13.6. The number of hydrogen-bond acceptors (Lipinski definition) is 4. The molecule has 2 fully saturated rings. The third-order valence-corrected chi connectivity index (χ3v) is 8.43. The van der Waals surface area contributed by atoms with Crippen molar-refractivity contribution in [3.05, 3.63) is 142 Å². The van der Waals surface area contributed by atoms with Crippen LogP contribution >= 0.6 is 15.9 Å². The summed E-state index contributed by atoms with van der Waals surface area (Å²) in [6.07, 6.45) is -0.247. The third kappa shape index (κ3) is 4.40. The zero-order valence-corrected chi connectivity index (χ0v) is 22.4. The lowest BCUT2D eigenvalue weighted by Gasteiger charge is -2.36. The zero-order valence-electron chi connectivity index (χ0n) is 20.9. The topological polar surface area (TPSA) is 39.7 Å². The maximum absolute atomic E-state index is 14.9. The van der Waals surface area contributed by atoms with Crippen LogP contribution < -0.4 is 5.48 Å². The van der Waals surface area contributed by atoms with Gasteiger partial charge in [-0.15, -0.1) is 0 Å². The molecule has 0 amide bonds. The SMILES string of the molecule is Fc1ccc(Br)cc1[C@@]12CO[C@H](COCC(c3ccccc3)(c3ccccc3)c3ccccc3)[C@H]1CON2. The molecule has 4 nitrogen and oxygen atoms in total. The van der Waals surface area contributed by atoms with Crippen molar-refractivity contribution in [3.63, 3.8) is 0 Å². The van der Waals surface area contributed by atoms with Crippen molar-refractivity contribution in [2.45, 2.75) is 17.1 Å². The fourth-order valence-corrected chi connectivity index (χ4v) is 6.34. The molecule has 0 bridgehead atoms. The van der Waals surface area contributed by atoms with Crippen LogP contribution in [0.5, 0.6) is 0 Å². The zero-order chi connectivity index (χ0) is 26.0. The predicted molar refractivity (Wildman–Crippen MR) is 148 cm³/mol. The molecule has 194 valence electrons. The predicted octanol–water partition coefficient (Wildman–Crippen LogP) is 6.38. The van der Waals surface area contributed by atoms with Crippen molar-refractivity contribution in [3.8, 4) is 0 Å². The number of ether oxygens (including phenoxy) is 2. The molecule has 4 aromatic rings. The minimum Gasteiger partial charge on any atom is -0.377 e. The smallest absolute Gasteiger partial charge is 0.128 e. The van der Waals surface area contributed by atoms with Crippen LogP contribution in [-0.4, -0.2) is 32.5 Å². The van der Waals surface area contributed by atoms with Gasteiger partial charge in [-0.05, 0) is 34.9 Å². The second-order valence-electron chi connectivity index (χ2n) is 9.98. The van der Waals surface area contributed by atoms with Crippen LogP contribution in [0.2, 0.25) is 0 Å². The van der Waals surface area contributed by atoms with Crippen LogP contribution in [0.15, 0.2) is 114 Å². The van der Waals surface area contributed by atoms with E-state index in [1.807, 2.05) is 24.3 Å². The van der Waals surface area contributed by atoms with E-state index >= 15 is 0 Å². The summed E-state index contributed by atoms with van der Waals surface area (Å²) in [6.45, 7) is 1.51. The summed E-state index contributed by atoms with van der Waals surface area (Å²) in [6, 6.07) is 36.4. The molecule has 2 aliphatic heterocycles. The van der Waals surface area contributed by atoms with Crippen LogP contribution in [-0.2, 0) is 25.3 Å². The third-order valence-electron chi connectivity index (χ3n) is 7.93. The van der Waals surface area contributed by atoms with E-state index in [1.165, 1.54) is 6.07 Å². The molecular formula is C32H29BrFNO3. The molecule has 2 aliphatic rings. The van der Waals surface area contributed by atoms with Gasteiger partial charge in [0.15, 0.2) is 0 Å². The van der Waals surface area contributed by atoms with Crippen LogP contribution in [0.25, 0.3) is 0 Å². The second-order valence-corrected chi connectivity index (χ2v) is 10.9. The Bertz CT molecular complexity index is 1270. The fourth-order valence-electron chi connectivity index (χ4n) is 5.98. The first-order chi connectivity index (χ1) is 18.6. The number of halogens is 2. The lowest BCUT2D eigenvalue weighted by atomic mass is 9.70. The summed E-state index contributed by atoms with van der Waals surface area (Å²) in [7, 11) is 0. The van der Waals surface area contributed by atoms with Gasteiger partial charge in [0, 0.05) is 16.0 Å². The Morgan fingerprint density at radius 2 is 1.45 bits per heavy atom. The molecule has 0 radical (unpaired) electrons. The van der Waals surface area contributed by atoms with Crippen molar-refractivity contribution in [1.82, 2.24) is 5.48 Å². The Hall–Kier alpha value is -2.87. The molecule has 3 atom stereocenters. The second kappa shape index (κ2) is 10.7. The first-order valence-electron chi connectivity index (χ1n) is 12.8. The summed E-state index contributed by atoms with van der Waals surface area (Å²) in [5.41, 5.74) is 5.83. The number of fused-ring (bicyclic) bond motifs is 1. The van der Waals surface area contributed by atoms with Crippen molar-refractivity contribution >= 4 is 15.9 Å². The monoisotopic (exact) mass is 573 g/mol. The van der Waals surface area contributed by atoms with Crippen molar-refractivity contribution in [1.29, 1.82) is 0 Å². The lowest BCUT2D eigenvalue weighted by Crippen LogP contribution is -2.44. The minimum atomic E-state index is -0.753. The van der Waals surface area contributed by atoms with E-state index in [1.54, 1.807) is 6.07 Å². The van der Waals surface area contributed by atoms with Crippen LogP contribution in [0.4, 0.5) is 4.39 Å². The molecule has 0 spiro atoms. The van der Waals surface area contributed by atoms with Gasteiger partial charge in [-0.3, -0.25) is 0 Å². The van der Waals surface area contributed by atoms with E-state index in [0.717, 1.165) is 21.2 Å². The molecule has 38 heavy (non-hydrogen) atoms. The minimum absolute atomic E-state index is 0.0918. The van der Waals surface area contributed by atoms with Gasteiger partial charge in [0.05, 0.1) is 37.9 Å². The van der Waals surface area contributed by atoms with Gasteiger partial charge in [0.2, 0.25) is 0 Å². The first kappa shape index (κ1) is 25.4.